The van der Waals surface area contributed by atoms with E-state index in [1.165, 1.54) is 11.2 Å². The van der Waals surface area contributed by atoms with Crippen molar-refractivity contribution in [3.63, 3.8) is 0 Å². The van der Waals surface area contributed by atoms with Crippen molar-refractivity contribution >= 4 is 11.9 Å². The molecule has 1 amide bonds. The molecule has 1 aromatic carbocycles. The number of hydrogen-bond donors (Lipinski definition) is 1. The summed E-state index contributed by atoms with van der Waals surface area (Å²) in [7, 11) is 0. The summed E-state index contributed by atoms with van der Waals surface area (Å²) in [5.74, 6) is -0.734. The summed E-state index contributed by atoms with van der Waals surface area (Å²) in [4.78, 5) is 25.0. The molecule has 1 N–H and O–H groups in total. The minimum atomic E-state index is -0.868. The van der Waals surface area contributed by atoms with Gasteiger partial charge in [-0.05, 0) is 24.6 Å². The molecular weight excluding hydrogens is 298 g/mol. The lowest BCUT2D eigenvalue weighted by molar-refractivity contribution is -0.141. The van der Waals surface area contributed by atoms with Gasteiger partial charge in [0.1, 0.15) is 12.4 Å². The molecule has 6 heteroatoms. The summed E-state index contributed by atoms with van der Waals surface area (Å²) >= 11 is 0. The number of aliphatic carboxylic acids is 1. The van der Waals surface area contributed by atoms with Gasteiger partial charge < -0.3 is 19.2 Å². The number of likely N-dealkylation sites (tertiary alicyclic amines) is 1. The number of para-hydroxylation sites is 1. The van der Waals surface area contributed by atoms with Crippen LogP contribution in [-0.2, 0) is 11.4 Å². The van der Waals surface area contributed by atoms with Gasteiger partial charge in [0.2, 0.25) is 0 Å². The number of carboxylic acids is 1. The third kappa shape index (κ3) is 3.36. The normalized spacial score (nSPS) is 17.2. The maximum Gasteiger partial charge on any atom is 0.308 e. The van der Waals surface area contributed by atoms with Gasteiger partial charge in [-0.1, -0.05) is 18.2 Å². The second-order valence-electron chi connectivity index (χ2n) is 5.45. The predicted molar refractivity (Wildman–Crippen MR) is 81.1 cm³/mol. The highest BCUT2D eigenvalue weighted by Crippen LogP contribution is 2.22. The maximum absolute atomic E-state index is 12.5. The van der Waals surface area contributed by atoms with Crippen molar-refractivity contribution < 1.29 is 23.8 Å². The molecule has 1 aliphatic heterocycles. The lowest BCUT2D eigenvalue weighted by Crippen LogP contribution is -2.30. The van der Waals surface area contributed by atoms with Crippen LogP contribution < -0.4 is 4.74 Å². The highest BCUT2D eigenvalue weighted by Gasteiger charge is 2.33. The highest BCUT2D eigenvalue weighted by atomic mass is 16.5. The van der Waals surface area contributed by atoms with Crippen LogP contribution >= 0.6 is 0 Å². The van der Waals surface area contributed by atoms with E-state index in [2.05, 4.69) is 0 Å². The molecule has 0 saturated carbocycles. The standard InChI is InChI=1S/C17H17NO5/c19-16(18-8-6-12(10-18)17(20)21)15-13(7-9-22-15)11-23-14-4-2-1-3-5-14/h1-5,7,9,12H,6,8,10-11H2,(H,20,21). The molecule has 120 valence electrons. The zero-order valence-electron chi connectivity index (χ0n) is 12.5. The molecule has 0 radical (unpaired) electrons. The van der Waals surface area contributed by atoms with E-state index in [1.807, 2.05) is 30.3 Å². The Morgan fingerprint density at radius 3 is 2.74 bits per heavy atom. The molecule has 3 rings (SSSR count). The number of nitrogens with zero attached hydrogens (tertiary/aromatic N) is 1. The summed E-state index contributed by atoms with van der Waals surface area (Å²) in [5, 5.41) is 9.03. The maximum atomic E-state index is 12.5. The molecule has 0 aliphatic carbocycles. The van der Waals surface area contributed by atoms with Crippen LogP contribution in [0.25, 0.3) is 0 Å². The lowest BCUT2D eigenvalue weighted by atomic mass is 10.1. The van der Waals surface area contributed by atoms with Crippen LogP contribution in [-0.4, -0.2) is 35.0 Å². The van der Waals surface area contributed by atoms with Crippen molar-refractivity contribution in [2.75, 3.05) is 13.1 Å². The molecule has 1 unspecified atom stereocenters. The average Bonchev–Trinajstić information content (AvgIpc) is 3.22. The number of ether oxygens (including phenoxy) is 1. The van der Waals surface area contributed by atoms with Gasteiger partial charge in [-0.25, -0.2) is 0 Å². The summed E-state index contributed by atoms with van der Waals surface area (Å²) in [6, 6.07) is 11.0. The average molecular weight is 315 g/mol. The Balaban J connectivity index is 1.66. The molecule has 0 bridgehead atoms. The summed E-state index contributed by atoms with van der Waals surface area (Å²) in [6.07, 6.45) is 1.92. The van der Waals surface area contributed by atoms with Crippen LogP contribution in [0.15, 0.2) is 47.1 Å². The number of carbonyl (C=O) groups is 2. The number of benzene rings is 1. The Morgan fingerprint density at radius 2 is 2.04 bits per heavy atom. The Kier molecular flexibility index (Phi) is 4.32. The first-order valence-corrected chi connectivity index (χ1v) is 7.41. The first-order chi connectivity index (χ1) is 11.1. The molecule has 0 spiro atoms. The van der Waals surface area contributed by atoms with Crippen molar-refractivity contribution in [1.29, 1.82) is 0 Å². The zero-order valence-corrected chi connectivity index (χ0v) is 12.5. The van der Waals surface area contributed by atoms with Gasteiger partial charge in [-0.2, -0.15) is 0 Å². The Bertz CT molecular complexity index is 694. The van der Waals surface area contributed by atoms with E-state index in [-0.39, 0.29) is 24.8 Å². The van der Waals surface area contributed by atoms with E-state index in [1.54, 1.807) is 6.07 Å². The molecule has 1 saturated heterocycles. The summed E-state index contributed by atoms with van der Waals surface area (Å²) in [6.45, 7) is 0.862. The van der Waals surface area contributed by atoms with Crippen molar-refractivity contribution in [3.05, 3.63) is 54.0 Å². The van der Waals surface area contributed by atoms with Crippen LogP contribution in [0.5, 0.6) is 5.75 Å². The van der Waals surface area contributed by atoms with Crippen LogP contribution in [0.4, 0.5) is 0 Å². The van der Waals surface area contributed by atoms with Crippen LogP contribution in [0.3, 0.4) is 0 Å². The Hall–Kier alpha value is -2.76. The fourth-order valence-corrected chi connectivity index (χ4v) is 2.60. The Morgan fingerprint density at radius 1 is 1.26 bits per heavy atom. The minimum absolute atomic E-state index is 0.215. The number of furan rings is 1. The fourth-order valence-electron chi connectivity index (χ4n) is 2.60. The highest BCUT2D eigenvalue weighted by molar-refractivity contribution is 5.93. The van der Waals surface area contributed by atoms with Gasteiger partial charge in [0.15, 0.2) is 5.76 Å². The van der Waals surface area contributed by atoms with E-state index < -0.39 is 11.9 Å². The van der Waals surface area contributed by atoms with E-state index in [0.29, 0.717) is 24.3 Å². The number of amides is 1. The molecule has 6 nitrogen and oxygen atoms in total. The van der Waals surface area contributed by atoms with E-state index in [9.17, 15) is 9.59 Å². The van der Waals surface area contributed by atoms with E-state index >= 15 is 0 Å². The first kappa shape index (κ1) is 15.1. The third-order valence-electron chi connectivity index (χ3n) is 3.90. The molecule has 2 heterocycles. The minimum Gasteiger partial charge on any atom is -0.489 e. The topological polar surface area (TPSA) is 80.0 Å². The lowest BCUT2D eigenvalue weighted by Gasteiger charge is -2.15. The zero-order chi connectivity index (χ0) is 16.2. The Labute approximate surface area is 133 Å². The van der Waals surface area contributed by atoms with Crippen LogP contribution in [0, 0.1) is 5.92 Å². The predicted octanol–water partition coefficient (Wildman–Crippen LogP) is 2.41. The third-order valence-corrected chi connectivity index (χ3v) is 3.90. The van der Waals surface area contributed by atoms with E-state index in [0.717, 1.165) is 0 Å². The van der Waals surface area contributed by atoms with Crippen molar-refractivity contribution in [2.45, 2.75) is 13.0 Å². The molecule has 1 aromatic heterocycles. The van der Waals surface area contributed by atoms with Crippen LogP contribution in [0.1, 0.15) is 22.5 Å². The fraction of sp³-hybridized carbons (Fsp3) is 0.294. The monoisotopic (exact) mass is 315 g/mol. The summed E-state index contributed by atoms with van der Waals surface area (Å²) < 4.78 is 10.9. The van der Waals surface area contributed by atoms with Crippen LogP contribution in [0.2, 0.25) is 0 Å². The molecule has 2 aromatic rings. The molecule has 1 fully saturated rings. The quantitative estimate of drug-likeness (QED) is 0.916. The van der Waals surface area contributed by atoms with Crippen molar-refractivity contribution in [1.82, 2.24) is 4.90 Å². The SMILES string of the molecule is O=C(O)C1CCN(C(=O)c2occc2COc2ccccc2)C1. The van der Waals surface area contributed by atoms with Gasteiger partial charge in [-0.3, -0.25) is 9.59 Å². The number of carboxylic acid groups (broad SMARTS) is 1. The summed E-state index contributed by atoms with van der Waals surface area (Å²) in [5.41, 5.74) is 0.651. The second kappa shape index (κ2) is 6.56. The largest absolute Gasteiger partial charge is 0.489 e. The number of hydrogen-bond acceptors (Lipinski definition) is 4. The van der Waals surface area contributed by atoms with Gasteiger partial charge in [0, 0.05) is 18.7 Å². The molecule has 1 atom stereocenters. The second-order valence-corrected chi connectivity index (χ2v) is 5.45. The number of carbonyl (C=O) groups excluding carboxylic acids is 1. The molecule has 23 heavy (non-hydrogen) atoms. The number of rotatable bonds is 5. The molecule has 1 aliphatic rings. The van der Waals surface area contributed by atoms with Gasteiger partial charge in [0.05, 0.1) is 12.2 Å². The van der Waals surface area contributed by atoms with Gasteiger partial charge in [-0.15, -0.1) is 0 Å². The first-order valence-electron chi connectivity index (χ1n) is 7.41. The van der Waals surface area contributed by atoms with Crippen molar-refractivity contribution in [2.24, 2.45) is 5.92 Å². The smallest absolute Gasteiger partial charge is 0.308 e. The molecular formula is C17H17NO5. The van der Waals surface area contributed by atoms with Gasteiger partial charge in [0.25, 0.3) is 5.91 Å². The van der Waals surface area contributed by atoms with Crippen molar-refractivity contribution in [3.8, 4) is 5.75 Å². The van der Waals surface area contributed by atoms with E-state index in [4.69, 9.17) is 14.3 Å². The van der Waals surface area contributed by atoms with Gasteiger partial charge >= 0.3 is 5.97 Å².